The Hall–Kier alpha value is -2.62. The van der Waals surface area contributed by atoms with Crippen LogP contribution in [0.2, 0.25) is 0 Å². The van der Waals surface area contributed by atoms with Crippen LogP contribution in [-0.4, -0.2) is 17.9 Å². The van der Waals surface area contributed by atoms with Crippen LogP contribution in [0.3, 0.4) is 0 Å². The molecule has 0 saturated carbocycles. The molecule has 0 aromatic heterocycles. The molecule has 0 aliphatic heterocycles. The maximum Gasteiger partial charge on any atom is 0.251 e. The molecule has 2 N–H and O–H groups in total. The van der Waals surface area contributed by atoms with Gasteiger partial charge in [-0.15, -0.1) is 0 Å². The lowest BCUT2D eigenvalue weighted by molar-refractivity contribution is -0.117. The van der Waals surface area contributed by atoms with Gasteiger partial charge in [-0.05, 0) is 50.1 Å². The third-order valence-corrected chi connectivity index (χ3v) is 3.43. The van der Waals surface area contributed by atoms with Gasteiger partial charge in [0.05, 0.1) is 0 Å². The molecule has 2 aromatic rings. The molecule has 4 nitrogen and oxygen atoms in total. The number of nitrogens with one attached hydrogen (secondary N) is 2. The summed E-state index contributed by atoms with van der Waals surface area (Å²) in [5.41, 5.74) is 3.36. The number of carbonyl (C=O) groups is 2. The molecule has 1 atom stereocenters. The highest BCUT2D eigenvalue weighted by atomic mass is 16.2. The highest BCUT2D eigenvalue weighted by Crippen LogP contribution is 2.16. The number of hydrogen-bond donors (Lipinski definition) is 2. The van der Waals surface area contributed by atoms with Crippen LogP contribution in [0.5, 0.6) is 0 Å². The highest BCUT2D eigenvalue weighted by molar-refractivity contribution is 6.01. The number of carbonyl (C=O) groups excluding carboxylic acids is 2. The molecule has 0 saturated heterocycles. The maximum absolute atomic E-state index is 12.2. The molecule has 2 amide bonds. The second-order valence-electron chi connectivity index (χ2n) is 5.37. The average molecular weight is 296 g/mol. The average Bonchev–Trinajstić information content (AvgIpc) is 2.51. The zero-order valence-corrected chi connectivity index (χ0v) is 13.0. The number of benzene rings is 2. The molecule has 114 valence electrons. The SMILES string of the molecule is Cc1ccc(C)c(NC(=O)[C@@H](C)NC(=O)c2ccccc2)c1. The Morgan fingerprint density at radius 3 is 2.36 bits per heavy atom. The van der Waals surface area contributed by atoms with E-state index in [0.29, 0.717) is 5.56 Å². The van der Waals surface area contributed by atoms with Crippen LogP contribution in [0, 0.1) is 13.8 Å². The summed E-state index contributed by atoms with van der Waals surface area (Å²) in [4.78, 5) is 24.3. The zero-order valence-electron chi connectivity index (χ0n) is 13.0. The Balaban J connectivity index is 2.00. The van der Waals surface area contributed by atoms with E-state index in [1.54, 1.807) is 31.2 Å². The van der Waals surface area contributed by atoms with Gasteiger partial charge < -0.3 is 10.6 Å². The summed E-state index contributed by atoms with van der Waals surface area (Å²) in [6.45, 7) is 5.57. The standard InChI is InChI=1S/C18H20N2O2/c1-12-9-10-13(2)16(11-12)20-17(21)14(3)19-18(22)15-7-5-4-6-8-15/h4-11,14H,1-3H3,(H,19,22)(H,20,21)/t14-/m1/s1. The normalized spacial score (nSPS) is 11.6. The van der Waals surface area contributed by atoms with Crippen molar-refractivity contribution in [2.75, 3.05) is 5.32 Å². The molecule has 0 unspecified atom stereocenters. The first kappa shape index (κ1) is 15.8. The van der Waals surface area contributed by atoms with E-state index in [1.165, 1.54) is 0 Å². The number of anilines is 1. The molecule has 4 heteroatoms. The fourth-order valence-electron chi connectivity index (χ4n) is 2.05. The molecule has 0 fully saturated rings. The fourth-order valence-corrected chi connectivity index (χ4v) is 2.05. The molecule has 0 heterocycles. The van der Waals surface area contributed by atoms with Gasteiger partial charge in [-0.2, -0.15) is 0 Å². The maximum atomic E-state index is 12.2. The summed E-state index contributed by atoms with van der Waals surface area (Å²) in [7, 11) is 0. The Morgan fingerprint density at radius 1 is 1.00 bits per heavy atom. The van der Waals surface area contributed by atoms with E-state index in [2.05, 4.69) is 10.6 Å². The molecule has 0 aliphatic carbocycles. The van der Waals surface area contributed by atoms with E-state index in [0.717, 1.165) is 16.8 Å². The van der Waals surface area contributed by atoms with E-state index >= 15 is 0 Å². The quantitative estimate of drug-likeness (QED) is 0.911. The number of aryl methyl sites for hydroxylation is 2. The topological polar surface area (TPSA) is 58.2 Å². The van der Waals surface area contributed by atoms with Gasteiger partial charge in [0, 0.05) is 11.3 Å². The van der Waals surface area contributed by atoms with E-state index in [1.807, 2.05) is 38.1 Å². The van der Waals surface area contributed by atoms with Crippen LogP contribution in [-0.2, 0) is 4.79 Å². The van der Waals surface area contributed by atoms with Crippen molar-refractivity contribution in [2.45, 2.75) is 26.8 Å². The summed E-state index contributed by atoms with van der Waals surface area (Å²) in [5.74, 6) is -0.498. The predicted octanol–water partition coefficient (Wildman–Crippen LogP) is 3.06. The van der Waals surface area contributed by atoms with Crippen LogP contribution in [0.15, 0.2) is 48.5 Å². The van der Waals surface area contributed by atoms with Crippen LogP contribution >= 0.6 is 0 Å². The molecule has 22 heavy (non-hydrogen) atoms. The smallest absolute Gasteiger partial charge is 0.251 e. The van der Waals surface area contributed by atoms with Crippen molar-refractivity contribution >= 4 is 17.5 Å². The van der Waals surface area contributed by atoms with Crippen LogP contribution in [0.4, 0.5) is 5.69 Å². The molecular weight excluding hydrogens is 276 g/mol. The summed E-state index contributed by atoms with van der Waals surface area (Å²) in [5, 5.41) is 5.55. The summed E-state index contributed by atoms with van der Waals surface area (Å²) in [6.07, 6.45) is 0. The van der Waals surface area contributed by atoms with Crippen molar-refractivity contribution in [3.8, 4) is 0 Å². The number of hydrogen-bond acceptors (Lipinski definition) is 2. The lowest BCUT2D eigenvalue weighted by Gasteiger charge is -2.15. The van der Waals surface area contributed by atoms with Crippen molar-refractivity contribution in [2.24, 2.45) is 0 Å². The lowest BCUT2D eigenvalue weighted by atomic mass is 10.1. The van der Waals surface area contributed by atoms with Crippen molar-refractivity contribution in [1.29, 1.82) is 0 Å². The first-order chi connectivity index (χ1) is 10.5. The van der Waals surface area contributed by atoms with Crippen molar-refractivity contribution in [3.05, 3.63) is 65.2 Å². The zero-order chi connectivity index (χ0) is 16.1. The van der Waals surface area contributed by atoms with Gasteiger partial charge in [0.1, 0.15) is 6.04 Å². The first-order valence-electron chi connectivity index (χ1n) is 7.21. The van der Waals surface area contributed by atoms with E-state index in [4.69, 9.17) is 0 Å². The third kappa shape index (κ3) is 3.95. The Morgan fingerprint density at radius 2 is 1.68 bits per heavy atom. The van der Waals surface area contributed by atoms with Gasteiger partial charge in [-0.1, -0.05) is 30.3 Å². The van der Waals surface area contributed by atoms with Gasteiger partial charge in [0.2, 0.25) is 5.91 Å². The van der Waals surface area contributed by atoms with Gasteiger partial charge in [0.15, 0.2) is 0 Å². The van der Waals surface area contributed by atoms with Gasteiger partial charge in [0.25, 0.3) is 5.91 Å². The molecule has 2 rings (SSSR count). The number of amides is 2. The predicted molar refractivity (Wildman–Crippen MR) is 87.9 cm³/mol. The summed E-state index contributed by atoms with van der Waals surface area (Å²) < 4.78 is 0. The van der Waals surface area contributed by atoms with Gasteiger partial charge in [-0.25, -0.2) is 0 Å². The minimum absolute atomic E-state index is 0.238. The van der Waals surface area contributed by atoms with Gasteiger partial charge >= 0.3 is 0 Å². The second kappa shape index (κ2) is 6.89. The molecule has 2 aromatic carbocycles. The highest BCUT2D eigenvalue weighted by Gasteiger charge is 2.17. The minimum Gasteiger partial charge on any atom is -0.341 e. The van der Waals surface area contributed by atoms with E-state index in [9.17, 15) is 9.59 Å². The molecule has 0 aliphatic rings. The summed E-state index contributed by atoms with van der Waals surface area (Å²) >= 11 is 0. The van der Waals surface area contributed by atoms with E-state index < -0.39 is 6.04 Å². The fraction of sp³-hybridized carbons (Fsp3) is 0.222. The largest absolute Gasteiger partial charge is 0.341 e. The lowest BCUT2D eigenvalue weighted by Crippen LogP contribution is -2.41. The molecule has 0 spiro atoms. The van der Waals surface area contributed by atoms with E-state index in [-0.39, 0.29) is 11.8 Å². The summed E-state index contributed by atoms with van der Waals surface area (Å²) in [6, 6.07) is 14.1. The Labute approximate surface area is 130 Å². The Kier molecular flexibility index (Phi) is 4.94. The van der Waals surface area contributed by atoms with Crippen molar-refractivity contribution in [3.63, 3.8) is 0 Å². The monoisotopic (exact) mass is 296 g/mol. The van der Waals surface area contributed by atoms with Crippen molar-refractivity contribution in [1.82, 2.24) is 5.32 Å². The minimum atomic E-state index is -0.618. The van der Waals surface area contributed by atoms with Gasteiger partial charge in [-0.3, -0.25) is 9.59 Å². The third-order valence-electron chi connectivity index (χ3n) is 3.43. The Bertz CT molecular complexity index is 681. The van der Waals surface area contributed by atoms with Crippen LogP contribution in [0.1, 0.15) is 28.4 Å². The second-order valence-corrected chi connectivity index (χ2v) is 5.37. The first-order valence-corrected chi connectivity index (χ1v) is 7.21. The molecule has 0 bridgehead atoms. The number of rotatable bonds is 4. The van der Waals surface area contributed by atoms with Crippen molar-refractivity contribution < 1.29 is 9.59 Å². The van der Waals surface area contributed by atoms with Crippen LogP contribution < -0.4 is 10.6 Å². The molecular formula is C18H20N2O2. The van der Waals surface area contributed by atoms with Crippen LogP contribution in [0.25, 0.3) is 0 Å². The molecule has 0 radical (unpaired) electrons.